The van der Waals surface area contributed by atoms with Gasteiger partial charge < -0.3 is 34.9 Å². The highest BCUT2D eigenvalue weighted by Crippen LogP contribution is 2.29. The maximum absolute atomic E-state index is 13.4. The van der Waals surface area contributed by atoms with Gasteiger partial charge in [0.15, 0.2) is 11.5 Å². The first-order chi connectivity index (χ1) is 19.7. The van der Waals surface area contributed by atoms with Crippen LogP contribution in [0.3, 0.4) is 0 Å². The molecule has 0 saturated heterocycles. The van der Waals surface area contributed by atoms with Crippen molar-refractivity contribution < 1.29 is 33.7 Å². The van der Waals surface area contributed by atoms with Crippen LogP contribution >= 0.6 is 0 Å². The molecule has 3 aromatic rings. The Labute approximate surface area is 240 Å². The molecule has 41 heavy (non-hydrogen) atoms. The highest BCUT2D eigenvalue weighted by atomic mass is 16.5. The van der Waals surface area contributed by atoms with Gasteiger partial charge in [0.05, 0.1) is 37.9 Å². The monoisotopic (exact) mass is 563 g/mol. The molecule has 0 aromatic heterocycles. The van der Waals surface area contributed by atoms with Gasteiger partial charge in [0.1, 0.15) is 12.4 Å². The number of nitrogens with one attached hydrogen (secondary N) is 2. The first kappa shape index (κ1) is 30.8. The zero-order valence-electron chi connectivity index (χ0n) is 24.0. The quantitative estimate of drug-likeness (QED) is 0.247. The molecule has 0 saturated carbocycles. The average molecular weight is 564 g/mol. The number of methoxy groups -OCH3 is 2. The molecule has 1 unspecified atom stereocenters. The number of aryl methyl sites for hydroxylation is 1. The van der Waals surface area contributed by atoms with Crippen molar-refractivity contribution in [2.75, 3.05) is 38.0 Å². The Morgan fingerprint density at radius 1 is 0.902 bits per heavy atom. The van der Waals surface area contributed by atoms with E-state index in [0.717, 1.165) is 17.5 Å². The number of rotatable bonds is 13. The summed E-state index contributed by atoms with van der Waals surface area (Å²) in [6.45, 7) is 6.52. The van der Waals surface area contributed by atoms with Gasteiger partial charge in [0.25, 0.3) is 0 Å². The second kappa shape index (κ2) is 14.6. The van der Waals surface area contributed by atoms with Crippen molar-refractivity contribution in [1.29, 1.82) is 0 Å². The topological polar surface area (TPSA) is 126 Å². The largest absolute Gasteiger partial charge is 0.495 e. The van der Waals surface area contributed by atoms with Crippen LogP contribution in [0.2, 0.25) is 0 Å². The van der Waals surface area contributed by atoms with Crippen LogP contribution in [0.4, 0.5) is 16.2 Å². The van der Waals surface area contributed by atoms with E-state index in [1.165, 1.54) is 26.4 Å². The van der Waals surface area contributed by atoms with Gasteiger partial charge in [-0.1, -0.05) is 31.2 Å². The van der Waals surface area contributed by atoms with Crippen molar-refractivity contribution >= 4 is 29.3 Å². The van der Waals surface area contributed by atoms with Crippen LogP contribution in [0.25, 0.3) is 0 Å². The molecule has 0 heterocycles. The van der Waals surface area contributed by atoms with E-state index in [2.05, 4.69) is 10.6 Å². The summed E-state index contributed by atoms with van der Waals surface area (Å²) in [4.78, 5) is 38.9. The molecule has 10 nitrogen and oxygen atoms in total. The van der Waals surface area contributed by atoms with Gasteiger partial charge in [-0.05, 0) is 67.8 Å². The summed E-state index contributed by atoms with van der Waals surface area (Å²) in [7, 11) is 2.95. The molecule has 0 aliphatic carbocycles. The number of hydrogen-bond acceptors (Lipinski definition) is 6. The van der Waals surface area contributed by atoms with Crippen LogP contribution < -0.4 is 24.8 Å². The van der Waals surface area contributed by atoms with E-state index in [0.29, 0.717) is 35.2 Å². The van der Waals surface area contributed by atoms with Crippen molar-refractivity contribution in [2.45, 2.75) is 39.7 Å². The highest BCUT2D eigenvalue weighted by Gasteiger charge is 2.22. The molecule has 3 rings (SSSR count). The first-order valence-corrected chi connectivity index (χ1v) is 13.3. The van der Waals surface area contributed by atoms with E-state index in [4.69, 9.17) is 14.2 Å². The number of ether oxygens (including phenoxy) is 3. The van der Waals surface area contributed by atoms with E-state index in [1.807, 2.05) is 45.0 Å². The normalized spacial score (nSPS) is 11.2. The molecule has 0 aliphatic heterocycles. The number of hydrogen-bond donors (Lipinski definition) is 3. The Morgan fingerprint density at radius 2 is 1.61 bits per heavy atom. The number of carboxylic acid groups (broad SMARTS) is 1. The molecular formula is C31H37N3O7. The van der Waals surface area contributed by atoms with Gasteiger partial charge in [-0.25, -0.2) is 9.59 Å². The number of para-hydroxylation sites is 1. The van der Waals surface area contributed by atoms with E-state index < -0.39 is 12.0 Å². The van der Waals surface area contributed by atoms with Gasteiger partial charge in [0.2, 0.25) is 5.91 Å². The molecule has 3 aromatic carbocycles. The highest BCUT2D eigenvalue weighted by molar-refractivity contribution is 6.01. The maximum atomic E-state index is 13.4. The van der Waals surface area contributed by atoms with Crippen molar-refractivity contribution in [1.82, 2.24) is 4.90 Å². The summed E-state index contributed by atoms with van der Waals surface area (Å²) in [5, 5.41) is 14.8. The van der Waals surface area contributed by atoms with Crippen LogP contribution in [0, 0.1) is 6.92 Å². The van der Waals surface area contributed by atoms with Crippen LogP contribution in [0.5, 0.6) is 17.2 Å². The molecule has 0 aliphatic rings. The number of carbonyl (C=O) groups excluding carboxylic acids is 2. The van der Waals surface area contributed by atoms with Crippen LogP contribution in [0.1, 0.15) is 41.8 Å². The third kappa shape index (κ3) is 8.38. The minimum absolute atomic E-state index is 0.0869. The fraction of sp³-hybridized carbons (Fsp3) is 0.323. The molecule has 1 atom stereocenters. The second-order valence-electron chi connectivity index (χ2n) is 9.52. The van der Waals surface area contributed by atoms with Crippen LogP contribution in [-0.4, -0.2) is 61.3 Å². The second-order valence-corrected chi connectivity index (χ2v) is 9.52. The van der Waals surface area contributed by atoms with Crippen LogP contribution in [0.15, 0.2) is 60.7 Å². The minimum atomic E-state index is -1.06. The molecule has 218 valence electrons. The van der Waals surface area contributed by atoms with E-state index in [9.17, 15) is 19.5 Å². The number of carbonyl (C=O) groups is 3. The van der Waals surface area contributed by atoms with Crippen molar-refractivity contribution in [3.8, 4) is 17.2 Å². The van der Waals surface area contributed by atoms with Crippen molar-refractivity contribution in [3.63, 3.8) is 0 Å². The zero-order valence-corrected chi connectivity index (χ0v) is 24.0. The van der Waals surface area contributed by atoms with Crippen molar-refractivity contribution in [2.24, 2.45) is 0 Å². The molecule has 3 amide bonds. The number of benzene rings is 3. The number of nitrogens with zero attached hydrogens (tertiary/aromatic N) is 1. The number of urea groups is 1. The molecule has 0 radical (unpaired) electrons. The third-order valence-corrected chi connectivity index (χ3v) is 6.47. The van der Waals surface area contributed by atoms with Gasteiger partial charge in [-0.15, -0.1) is 0 Å². The van der Waals surface area contributed by atoms with Crippen molar-refractivity contribution in [3.05, 3.63) is 77.4 Å². The number of amides is 3. The van der Waals surface area contributed by atoms with Gasteiger partial charge in [0, 0.05) is 12.2 Å². The lowest BCUT2D eigenvalue weighted by Crippen LogP contribution is -2.43. The standard InChI is InChI=1S/C31H37N3O7/c1-6-15-34(21(3)19-41-26-14-12-23(30(36)37)18-28(26)40-5)29(35)17-22-11-13-25(27(16-22)39-4)33-31(38)32-24-10-8-7-9-20(24)2/h7-14,16,18,21H,6,15,17,19H2,1-5H3,(H,36,37)(H2,32,33,38). The lowest BCUT2D eigenvalue weighted by Gasteiger charge is -2.29. The average Bonchev–Trinajstić information content (AvgIpc) is 2.96. The Kier molecular flexibility index (Phi) is 11.0. The fourth-order valence-corrected chi connectivity index (χ4v) is 4.27. The minimum Gasteiger partial charge on any atom is -0.495 e. The van der Waals surface area contributed by atoms with E-state index >= 15 is 0 Å². The fourth-order valence-electron chi connectivity index (χ4n) is 4.27. The van der Waals surface area contributed by atoms with Gasteiger partial charge in [-0.3, -0.25) is 4.79 Å². The SMILES string of the molecule is CCCN(C(=O)Cc1ccc(NC(=O)Nc2ccccc2C)c(OC)c1)C(C)COc1ccc(C(=O)O)cc1OC. The molecule has 0 fully saturated rings. The number of carboxylic acids is 1. The maximum Gasteiger partial charge on any atom is 0.335 e. The Bertz CT molecular complexity index is 1380. The zero-order chi connectivity index (χ0) is 29.9. The Hall–Kier alpha value is -4.73. The molecule has 10 heteroatoms. The number of anilines is 2. The molecular weight excluding hydrogens is 526 g/mol. The summed E-state index contributed by atoms with van der Waals surface area (Å²) in [5.41, 5.74) is 2.95. The molecule has 3 N–H and O–H groups in total. The Morgan fingerprint density at radius 3 is 2.27 bits per heavy atom. The predicted molar refractivity (Wildman–Crippen MR) is 157 cm³/mol. The first-order valence-electron chi connectivity index (χ1n) is 13.3. The lowest BCUT2D eigenvalue weighted by atomic mass is 10.1. The smallest absolute Gasteiger partial charge is 0.335 e. The summed E-state index contributed by atoms with van der Waals surface area (Å²) in [6.07, 6.45) is 0.891. The summed E-state index contributed by atoms with van der Waals surface area (Å²) < 4.78 is 16.7. The van der Waals surface area contributed by atoms with E-state index in [-0.39, 0.29) is 30.5 Å². The predicted octanol–water partition coefficient (Wildman–Crippen LogP) is 5.60. The molecule has 0 bridgehead atoms. The van der Waals surface area contributed by atoms with Gasteiger partial charge >= 0.3 is 12.0 Å². The summed E-state index contributed by atoms with van der Waals surface area (Å²) in [6, 6.07) is 16.4. The summed E-state index contributed by atoms with van der Waals surface area (Å²) >= 11 is 0. The van der Waals surface area contributed by atoms with E-state index in [1.54, 1.807) is 29.2 Å². The number of aromatic carboxylic acids is 1. The van der Waals surface area contributed by atoms with Crippen LogP contribution in [-0.2, 0) is 11.2 Å². The lowest BCUT2D eigenvalue weighted by molar-refractivity contribution is -0.133. The third-order valence-electron chi connectivity index (χ3n) is 6.47. The molecule has 0 spiro atoms. The Balaban J connectivity index is 1.66. The van der Waals surface area contributed by atoms with Gasteiger partial charge in [-0.2, -0.15) is 0 Å². The summed E-state index contributed by atoms with van der Waals surface area (Å²) in [5.74, 6) is -0.0120.